The minimum absolute atomic E-state index is 0.0111. The second kappa shape index (κ2) is 6.53. The lowest BCUT2D eigenvalue weighted by Gasteiger charge is -2.22. The van der Waals surface area contributed by atoms with Crippen LogP contribution in [0.25, 0.3) is 0 Å². The third-order valence-electron chi connectivity index (χ3n) is 3.77. The first kappa shape index (κ1) is 16.3. The van der Waals surface area contributed by atoms with Crippen LogP contribution in [0.3, 0.4) is 0 Å². The summed E-state index contributed by atoms with van der Waals surface area (Å²) in [7, 11) is 0. The molecule has 2 aromatic rings. The number of hydrogen-bond donors (Lipinski definition) is 1. The summed E-state index contributed by atoms with van der Waals surface area (Å²) in [4.78, 5) is 17.2. The summed E-state index contributed by atoms with van der Waals surface area (Å²) in [6.07, 6.45) is 0. The van der Waals surface area contributed by atoms with Crippen LogP contribution in [-0.4, -0.2) is 30.2 Å². The van der Waals surface area contributed by atoms with Gasteiger partial charge in [-0.05, 0) is 36.8 Å². The second-order valence-electron chi connectivity index (χ2n) is 5.32. The summed E-state index contributed by atoms with van der Waals surface area (Å²) in [6, 6.07) is 13.8. The van der Waals surface area contributed by atoms with Gasteiger partial charge in [0.2, 0.25) is 11.4 Å². The van der Waals surface area contributed by atoms with Gasteiger partial charge < -0.3 is 14.6 Å². The molecule has 1 heterocycles. The third kappa shape index (κ3) is 2.83. The number of carbonyl (C=O) groups excluding carboxylic acids is 1. The van der Waals surface area contributed by atoms with Crippen LogP contribution in [0.4, 0.5) is 0 Å². The van der Waals surface area contributed by atoms with Gasteiger partial charge in [0.1, 0.15) is 12.4 Å². The van der Waals surface area contributed by atoms with Gasteiger partial charge in [0.05, 0.1) is 11.6 Å². The van der Waals surface area contributed by atoms with E-state index >= 15 is 0 Å². The number of esters is 1. The second-order valence-corrected chi connectivity index (χ2v) is 5.73. The highest BCUT2D eigenvalue weighted by Gasteiger charge is 2.47. The summed E-state index contributed by atoms with van der Waals surface area (Å²) in [5, 5.41) is 9.77. The van der Waals surface area contributed by atoms with Crippen LogP contribution in [-0.2, 0) is 19.8 Å². The Kier molecular flexibility index (Phi) is 4.44. The fourth-order valence-electron chi connectivity index (χ4n) is 2.52. The van der Waals surface area contributed by atoms with Crippen LogP contribution in [0.2, 0.25) is 5.02 Å². The Morgan fingerprint density at radius 1 is 1.33 bits per heavy atom. The molecular formula is C18H16ClNO4. The molecule has 2 aromatic carbocycles. The molecule has 0 saturated carbocycles. The molecule has 1 aliphatic heterocycles. The Morgan fingerprint density at radius 3 is 2.75 bits per heavy atom. The summed E-state index contributed by atoms with van der Waals surface area (Å²) >= 11 is 6.00. The lowest BCUT2D eigenvalue weighted by atomic mass is 9.91. The Hall–Kier alpha value is -2.53. The first-order chi connectivity index (χ1) is 11.6. The predicted octanol–water partition coefficient (Wildman–Crippen LogP) is 3.28. The van der Waals surface area contributed by atoms with Crippen molar-refractivity contribution in [2.45, 2.75) is 12.5 Å². The van der Waals surface area contributed by atoms with Crippen molar-refractivity contribution in [3.8, 4) is 5.75 Å². The van der Waals surface area contributed by atoms with Crippen LogP contribution in [0.5, 0.6) is 5.75 Å². The van der Waals surface area contributed by atoms with Crippen molar-refractivity contribution < 1.29 is 19.4 Å². The molecule has 0 aromatic heterocycles. The van der Waals surface area contributed by atoms with Gasteiger partial charge in [-0.25, -0.2) is 9.79 Å². The SMILES string of the molecule is CCOC(=O)C1(c2ccc(O)c(Cl)c2)COC(c2ccccc2)=N1. The predicted molar refractivity (Wildman–Crippen MR) is 90.4 cm³/mol. The van der Waals surface area contributed by atoms with E-state index in [1.807, 2.05) is 30.3 Å². The number of hydrogen-bond acceptors (Lipinski definition) is 5. The highest BCUT2D eigenvalue weighted by molar-refractivity contribution is 6.32. The van der Waals surface area contributed by atoms with Gasteiger partial charge in [0, 0.05) is 5.56 Å². The number of phenolic OH excluding ortho intramolecular Hbond substituents is 1. The van der Waals surface area contributed by atoms with E-state index in [2.05, 4.69) is 4.99 Å². The fraction of sp³-hybridized carbons (Fsp3) is 0.222. The van der Waals surface area contributed by atoms with E-state index in [1.165, 1.54) is 12.1 Å². The zero-order valence-corrected chi connectivity index (χ0v) is 13.8. The van der Waals surface area contributed by atoms with Gasteiger partial charge >= 0.3 is 5.97 Å². The Bertz CT molecular complexity index is 791. The van der Waals surface area contributed by atoms with Crippen molar-refractivity contribution in [1.82, 2.24) is 0 Å². The first-order valence-electron chi connectivity index (χ1n) is 7.51. The number of aromatic hydroxyl groups is 1. The normalized spacial score (nSPS) is 19.5. The quantitative estimate of drug-likeness (QED) is 0.863. The van der Waals surface area contributed by atoms with Gasteiger partial charge in [-0.2, -0.15) is 0 Å². The highest BCUT2D eigenvalue weighted by Crippen LogP contribution is 2.37. The summed E-state index contributed by atoms with van der Waals surface area (Å²) < 4.78 is 10.9. The van der Waals surface area contributed by atoms with E-state index in [-0.39, 0.29) is 24.0 Å². The largest absolute Gasteiger partial charge is 0.506 e. The molecule has 1 N–H and O–H groups in total. The molecule has 1 unspecified atom stereocenters. The zero-order chi connectivity index (χ0) is 17.2. The molecule has 1 atom stereocenters. The molecule has 0 amide bonds. The van der Waals surface area contributed by atoms with E-state index < -0.39 is 11.5 Å². The van der Waals surface area contributed by atoms with Crippen LogP contribution in [0.1, 0.15) is 18.1 Å². The zero-order valence-electron chi connectivity index (χ0n) is 13.0. The summed E-state index contributed by atoms with van der Waals surface area (Å²) in [6.45, 7) is 1.97. The smallest absolute Gasteiger partial charge is 0.342 e. The average molecular weight is 346 g/mol. The molecule has 6 heteroatoms. The molecule has 0 spiro atoms. The molecule has 124 valence electrons. The molecule has 0 bridgehead atoms. The van der Waals surface area contributed by atoms with E-state index in [1.54, 1.807) is 13.0 Å². The van der Waals surface area contributed by atoms with Crippen molar-refractivity contribution in [2.24, 2.45) is 4.99 Å². The number of nitrogens with zero attached hydrogens (tertiary/aromatic N) is 1. The van der Waals surface area contributed by atoms with Crippen LogP contribution in [0.15, 0.2) is 53.5 Å². The number of ether oxygens (including phenoxy) is 2. The molecule has 0 aliphatic carbocycles. The molecule has 0 radical (unpaired) electrons. The monoisotopic (exact) mass is 345 g/mol. The molecular weight excluding hydrogens is 330 g/mol. The van der Waals surface area contributed by atoms with Crippen LogP contribution >= 0.6 is 11.6 Å². The third-order valence-corrected chi connectivity index (χ3v) is 4.07. The number of benzene rings is 2. The van der Waals surface area contributed by atoms with Gasteiger partial charge in [0.15, 0.2) is 0 Å². The van der Waals surface area contributed by atoms with Crippen LogP contribution in [0, 0.1) is 0 Å². The number of carbonyl (C=O) groups is 1. The van der Waals surface area contributed by atoms with Crippen molar-refractivity contribution in [1.29, 1.82) is 0 Å². The maximum Gasteiger partial charge on any atom is 0.342 e. The maximum atomic E-state index is 12.6. The lowest BCUT2D eigenvalue weighted by molar-refractivity contribution is -0.150. The minimum Gasteiger partial charge on any atom is -0.506 e. The first-order valence-corrected chi connectivity index (χ1v) is 7.89. The molecule has 3 rings (SSSR count). The van der Waals surface area contributed by atoms with Gasteiger partial charge in [0.25, 0.3) is 0 Å². The van der Waals surface area contributed by atoms with Gasteiger partial charge in [-0.15, -0.1) is 0 Å². The van der Waals surface area contributed by atoms with Crippen molar-refractivity contribution in [3.05, 3.63) is 64.7 Å². The Balaban J connectivity index is 2.09. The minimum atomic E-state index is -1.33. The Labute approximate surface area is 144 Å². The van der Waals surface area contributed by atoms with Gasteiger partial charge in [-0.3, -0.25) is 0 Å². The van der Waals surface area contributed by atoms with E-state index in [4.69, 9.17) is 21.1 Å². The molecule has 5 nitrogen and oxygen atoms in total. The van der Waals surface area contributed by atoms with E-state index in [9.17, 15) is 9.90 Å². The Morgan fingerprint density at radius 2 is 2.08 bits per heavy atom. The van der Waals surface area contributed by atoms with E-state index in [0.29, 0.717) is 11.5 Å². The molecule has 0 fully saturated rings. The van der Waals surface area contributed by atoms with E-state index in [0.717, 1.165) is 5.56 Å². The summed E-state index contributed by atoms with van der Waals surface area (Å²) in [5.74, 6) is -0.212. The summed E-state index contributed by atoms with van der Waals surface area (Å²) in [5.41, 5.74) is -0.0540. The molecule has 0 saturated heterocycles. The topological polar surface area (TPSA) is 68.1 Å². The van der Waals surface area contributed by atoms with Crippen LogP contribution < -0.4 is 0 Å². The lowest BCUT2D eigenvalue weighted by Crippen LogP contribution is -2.37. The molecule has 24 heavy (non-hydrogen) atoms. The van der Waals surface area contributed by atoms with Crippen molar-refractivity contribution >= 4 is 23.5 Å². The van der Waals surface area contributed by atoms with Crippen molar-refractivity contribution in [2.75, 3.05) is 13.2 Å². The number of rotatable bonds is 4. The standard InChI is InChI=1S/C18H16ClNO4/c1-2-23-17(22)18(13-8-9-15(21)14(19)10-13)11-24-16(20-18)12-6-4-3-5-7-12/h3-10,21H,2,11H2,1H3. The van der Waals surface area contributed by atoms with Gasteiger partial charge in [-0.1, -0.05) is 35.9 Å². The fourth-order valence-corrected chi connectivity index (χ4v) is 2.70. The highest BCUT2D eigenvalue weighted by atomic mass is 35.5. The maximum absolute atomic E-state index is 12.6. The number of halogens is 1. The van der Waals surface area contributed by atoms with Crippen molar-refractivity contribution in [3.63, 3.8) is 0 Å². The molecule has 1 aliphatic rings. The number of phenols is 1. The average Bonchev–Trinajstić information content (AvgIpc) is 3.05. The number of aliphatic imine (C=N–C) groups is 1.